The van der Waals surface area contributed by atoms with Crippen LogP contribution in [-0.4, -0.2) is 34.1 Å². The Bertz CT molecular complexity index is 453. The number of aromatic nitrogens is 3. The Morgan fingerprint density at radius 1 is 1.58 bits per heavy atom. The molecule has 0 spiro atoms. The Kier molecular flexibility index (Phi) is 6.14. The fraction of sp³-hybridized carbons (Fsp3) is 0.417. The number of likely N-dealkylation sites (N-methyl/N-ethyl adjacent to an activating group) is 1. The average Bonchev–Trinajstić information content (AvgIpc) is 2.85. The summed E-state index contributed by atoms with van der Waals surface area (Å²) in [5, 5.41) is 13.7. The first-order chi connectivity index (χ1) is 9.21. The highest BCUT2D eigenvalue weighted by Crippen LogP contribution is 1.99. The van der Waals surface area contributed by atoms with Crippen molar-refractivity contribution >= 4 is 5.97 Å². The number of allylic oxidation sites excluding steroid dienone is 1. The number of hydrogen-bond donors (Lipinski definition) is 2. The lowest BCUT2D eigenvalue weighted by Crippen LogP contribution is -2.19. The molecule has 1 rings (SSSR count). The number of carbonyl (C=O) groups is 1. The topological polar surface area (TPSA) is 81.1 Å². The summed E-state index contributed by atoms with van der Waals surface area (Å²) in [6, 6.07) is 0. The van der Waals surface area contributed by atoms with Crippen LogP contribution < -0.4 is 10.6 Å². The predicted molar refractivity (Wildman–Crippen MR) is 71.1 cm³/mol. The van der Waals surface area contributed by atoms with Crippen LogP contribution in [0, 0.1) is 0 Å². The van der Waals surface area contributed by atoms with Crippen LogP contribution in [0.3, 0.4) is 0 Å². The van der Waals surface area contributed by atoms with Gasteiger partial charge in [0.1, 0.15) is 0 Å². The van der Waals surface area contributed by atoms with Crippen LogP contribution in [0.2, 0.25) is 0 Å². The van der Waals surface area contributed by atoms with Gasteiger partial charge in [-0.1, -0.05) is 11.8 Å². The second-order valence-corrected chi connectivity index (χ2v) is 3.59. The van der Waals surface area contributed by atoms with E-state index in [1.807, 2.05) is 6.92 Å². The van der Waals surface area contributed by atoms with Crippen molar-refractivity contribution in [1.82, 2.24) is 25.6 Å². The highest BCUT2D eigenvalue weighted by molar-refractivity contribution is 5.86. The number of nitrogens with zero attached hydrogens (tertiary/aromatic N) is 3. The maximum absolute atomic E-state index is 11.4. The highest BCUT2D eigenvalue weighted by Gasteiger charge is 2.11. The molecule has 0 saturated heterocycles. The van der Waals surface area contributed by atoms with Crippen molar-refractivity contribution in [3.05, 3.63) is 36.6 Å². The van der Waals surface area contributed by atoms with Gasteiger partial charge in [0.15, 0.2) is 5.69 Å². The first kappa shape index (κ1) is 14.7. The van der Waals surface area contributed by atoms with Gasteiger partial charge in [-0.2, -0.15) is 0 Å². The molecule has 0 saturated carbocycles. The third kappa shape index (κ3) is 4.82. The third-order valence-corrected chi connectivity index (χ3v) is 2.13. The van der Waals surface area contributed by atoms with Crippen LogP contribution in [0.4, 0.5) is 0 Å². The fourth-order valence-electron chi connectivity index (χ4n) is 1.39. The van der Waals surface area contributed by atoms with E-state index in [2.05, 4.69) is 27.5 Å². The largest absolute Gasteiger partial charge is 0.461 e. The Balaban J connectivity index is 2.69. The summed E-state index contributed by atoms with van der Waals surface area (Å²) in [4.78, 5) is 11.4. The molecule has 0 aliphatic rings. The van der Waals surface area contributed by atoms with Crippen molar-refractivity contribution in [2.75, 3.05) is 13.2 Å². The molecule has 19 heavy (non-hydrogen) atoms. The zero-order valence-electron chi connectivity index (χ0n) is 11.2. The van der Waals surface area contributed by atoms with E-state index in [-0.39, 0.29) is 5.69 Å². The van der Waals surface area contributed by atoms with E-state index >= 15 is 0 Å². The molecule has 7 heteroatoms. The summed E-state index contributed by atoms with van der Waals surface area (Å²) in [5.41, 5.74) is 1.11. The van der Waals surface area contributed by atoms with E-state index in [4.69, 9.17) is 4.74 Å². The average molecular weight is 265 g/mol. The van der Waals surface area contributed by atoms with Crippen LogP contribution in [0.15, 0.2) is 30.9 Å². The minimum atomic E-state index is -0.466. The molecule has 1 heterocycles. The van der Waals surface area contributed by atoms with Crippen LogP contribution in [0.1, 0.15) is 24.3 Å². The van der Waals surface area contributed by atoms with E-state index < -0.39 is 5.97 Å². The van der Waals surface area contributed by atoms with E-state index in [9.17, 15) is 4.79 Å². The van der Waals surface area contributed by atoms with Gasteiger partial charge in [0.2, 0.25) is 0 Å². The molecule has 2 N–H and O–H groups in total. The molecule has 0 radical (unpaired) electrons. The van der Waals surface area contributed by atoms with Gasteiger partial charge >= 0.3 is 5.97 Å². The molecule has 1 aromatic rings. The van der Waals surface area contributed by atoms with Gasteiger partial charge in [0, 0.05) is 18.4 Å². The van der Waals surface area contributed by atoms with Gasteiger partial charge in [-0.05, 0) is 20.0 Å². The SMILES string of the molecule is C=CN/C=C(/Cn1cc(C(=O)OCC)nn1)NCC. The lowest BCUT2D eigenvalue weighted by molar-refractivity contribution is 0.0519. The minimum absolute atomic E-state index is 0.203. The highest BCUT2D eigenvalue weighted by atomic mass is 16.5. The summed E-state index contributed by atoms with van der Waals surface area (Å²) in [6.07, 6.45) is 4.90. The van der Waals surface area contributed by atoms with E-state index in [1.54, 1.807) is 30.2 Å². The Labute approximate surface area is 112 Å². The monoisotopic (exact) mass is 265 g/mol. The zero-order chi connectivity index (χ0) is 14.1. The summed E-state index contributed by atoms with van der Waals surface area (Å²) < 4.78 is 6.41. The molecule has 0 aliphatic heterocycles. The Morgan fingerprint density at radius 2 is 2.37 bits per heavy atom. The predicted octanol–water partition coefficient (Wildman–Crippen LogP) is 0.639. The second kappa shape index (κ2) is 7.91. The molecule has 0 bridgehead atoms. The molecule has 0 aliphatic carbocycles. The second-order valence-electron chi connectivity index (χ2n) is 3.59. The van der Waals surface area contributed by atoms with Gasteiger partial charge in [-0.3, -0.25) is 0 Å². The van der Waals surface area contributed by atoms with E-state index in [0.717, 1.165) is 12.2 Å². The van der Waals surface area contributed by atoms with Gasteiger partial charge in [0.05, 0.1) is 19.3 Å². The van der Waals surface area contributed by atoms with Crippen LogP contribution >= 0.6 is 0 Å². The number of ether oxygens (including phenoxy) is 1. The summed E-state index contributed by atoms with van der Waals surface area (Å²) >= 11 is 0. The van der Waals surface area contributed by atoms with E-state index in [1.165, 1.54) is 0 Å². The summed E-state index contributed by atoms with van der Waals surface area (Å²) in [7, 11) is 0. The molecule has 0 aromatic carbocycles. The van der Waals surface area contributed by atoms with Crippen molar-refractivity contribution in [3.63, 3.8) is 0 Å². The van der Waals surface area contributed by atoms with Crippen molar-refractivity contribution in [2.24, 2.45) is 0 Å². The number of rotatable bonds is 8. The number of hydrogen-bond acceptors (Lipinski definition) is 6. The first-order valence-electron chi connectivity index (χ1n) is 6.08. The van der Waals surface area contributed by atoms with E-state index in [0.29, 0.717) is 13.2 Å². The first-order valence-corrected chi connectivity index (χ1v) is 6.08. The zero-order valence-corrected chi connectivity index (χ0v) is 11.2. The van der Waals surface area contributed by atoms with Crippen molar-refractivity contribution < 1.29 is 9.53 Å². The fourth-order valence-corrected chi connectivity index (χ4v) is 1.39. The van der Waals surface area contributed by atoms with Crippen molar-refractivity contribution in [3.8, 4) is 0 Å². The summed E-state index contributed by atoms with van der Waals surface area (Å²) in [6.45, 7) is 8.88. The van der Waals surface area contributed by atoms with Gasteiger partial charge in [-0.25, -0.2) is 9.48 Å². The molecule has 0 amide bonds. The number of carbonyl (C=O) groups excluding carboxylic acids is 1. The summed E-state index contributed by atoms with van der Waals surface area (Å²) in [5.74, 6) is -0.466. The molecular formula is C12H19N5O2. The molecule has 0 unspecified atom stereocenters. The van der Waals surface area contributed by atoms with Gasteiger partial charge < -0.3 is 15.4 Å². The van der Waals surface area contributed by atoms with Crippen LogP contribution in [0.25, 0.3) is 0 Å². The smallest absolute Gasteiger partial charge is 0.360 e. The lowest BCUT2D eigenvalue weighted by atomic mass is 10.4. The van der Waals surface area contributed by atoms with Gasteiger partial charge in [-0.15, -0.1) is 5.10 Å². The van der Waals surface area contributed by atoms with Gasteiger partial charge in [0.25, 0.3) is 0 Å². The molecular weight excluding hydrogens is 246 g/mol. The number of esters is 1. The maximum Gasteiger partial charge on any atom is 0.360 e. The number of nitrogens with one attached hydrogen (secondary N) is 2. The lowest BCUT2D eigenvalue weighted by Gasteiger charge is -2.08. The minimum Gasteiger partial charge on any atom is -0.461 e. The molecule has 0 atom stereocenters. The third-order valence-electron chi connectivity index (χ3n) is 2.13. The van der Waals surface area contributed by atoms with Crippen molar-refractivity contribution in [2.45, 2.75) is 20.4 Å². The molecule has 1 aromatic heterocycles. The van der Waals surface area contributed by atoms with Crippen LogP contribution in [0.5, 0.6) is 0 Å². The maximum atomic E-state index is 11.4. The Hall–Kier alpha value is -2.31. The molecule has 7 nitrogen and oxygen atoms in total. The normalized spacial score (nSPS) is 10.9. The molecule has 0 fully saturated rings. The van der Waals surface area contributed by atoms with Crippen molar-refractivity contribution in [1.29, 1.82) is 0 Å². The molecule has 104 valence electrons. The quantitative estimate of drug-likeness (QED) is 0.671. The standard InChI is InChI=1S/C12H19N5O2/c1-4-13-7-10(14-5-2)8-17-9-11(15-16-17)12(18)19-6-3/h4,7,9,13-14H,1,5-6,8H2,2-3H3/b10-7-. The van der Waals surface area contributed by atoms with Crippen LogP contribution in [-0.2, 0) is 11.3 Å². The Morgan fingerprint density at radius 3 is 3.00 bits per heavy atom.